The van der Waals surface area contributed by atoms with E-state index in [0.717, 1.165) is 11.3 Å². The summed E-state index contributed by atoms with van der Waals surface area (Å²) in [4.78, 5) is 25.6. The normalized spacial score (nSPS) is 10.6. The van der Waals surface area contributed by atoms with Gasteiger partial charge >= 0.3 is 0 Å². The number of amides is 1. The molecule has 1 heterocycles. The number of aromatic nitrogens is 2. The smallest absolute Gasteiger partial charge is 0.252 e. The predicted molar refractivity (Wildman–Crippen MR) is 105 cm³/mol. The van der Waals surface area contributed by atoms with Crippen molar-refractivity contribution in [3.05, 3.63) is 87.7 Å². The summed E-state index contributed by atoms with van der Waals surface area (Å²) >= 11 is 6.14. The van der Waals surface area contributed by atoms with Gasteiger partial charge in [0, 0.05) is 17.7 Å². The molecule has 0 fully saturated rings. The van der Waals surface area contributed by atoms with Crippen LogP contribution in [0.2, 0.25) is 5.02 Å². The molecule has 138 valence electrons. The number of nitrogens with zero attached hydrogens (tertiary/aromatic N) is 2. The van der Waals surface area contributed by atoms with Gasteiger partial charge in [0.25, 0.3) is 5.91 Å². The molecule has 0 bridgehead atoms. The Morgan fingerprint density at radius 3 is 2.41 bits per heavy atom. The molecule has 0 radical (unpaired) electrons. The summed E-state index contributed by atoms with van der Waals surface area (Å²) < 4.78 is 1.73. The van der Waals surface area contributed by atoms with E-state index in [0.29, 0.717) is 28.3 Å². The second-order valence-electron chi connectivity index (χ2n) is 6.18. The van der Waals surface area contributed by atoms with E-state index in [9.17, 15) is 9.59 Å². The Kier molecular flexibility index (Phi) is 5.72. The van der Waals surface area contributed by atoms with E-state index in [4.69, 9.17) is 11.6 Å². The van der Waals surface area contributed by atoms with Crippen molar-refractivity contribution in [2.75, 3.05) is 0 Å². The Balaban J connectivity index is 1.82. The Labute approximate surface area is 163 Å². The third kappa shape index (κ3) is 4.09. The molecule has 27 heavy (non-hydrogen) atoms. The van der Waals surface area contributed by atoms with Crippen molar-refractivity contribution in [3.63, 3.8) is 0 Å². The van der Waals surface area contributed by atoms with Gasteiger partial charge in [0.1, 0.15) is 0 Å². The molecule has 6 heteroatoms. The summed E-state index contributed by atoms with van der Waals surface area (Å²) in [5, 5.41) is 7.49. The van der Waals surface area contributed by atoms with Crippen molar-refractivity contribution in [1.82, 2.24) is 15.1 Å². The molecule has 3 aromatic rings. The van der Waals surface area contributed by atoms with Crippen molar-refractivity contribution < 1.29 is 9.59 Å². The number of hydrogen-bond acceptors (Lipinski definition) is 3. The average molecular weight is 382 g/mol. The number of carbonyl (C=O) groups is 2. The van der Waals surface area contributed by atoms with Crippen LogP contribution in [-0.2, 0) is 13.1 Å². The zero-order valence-corrected chi connectivity index (χ0v) is 16.0. The zero-order valence-electron chi connectivity index (χ0n) is 15.2. The Bertz CT molecular complexity index is 977. The minimum Gasteiger partial charge on any atom is -0.346 e. The van der Waals surface area contributed by atoms with Gasteiger partial charge in [-0.1, -0.05) is 59.6 Å². The molecule has 0 spiro atoms. The van der Waals surface area contributed by atoms with Crippen LogP contribution in [0.1, 0.15) is 44.5 Å². The standard InChI is InChI=1S/C21H20ClN3O2/c1-3-25-19(18(22)12-24-25)13-23-21(27)17-7-5-4-6-16(17)20(26)15-10-8-14(2)9-11-15/h4-12H,3,13H2,1-2H3,(H,23,27). The number of rotatable bonds is 6. The maximum Gasteiger partial charge on any atom is 0.252 e. The summed E-state index contributed by atoms with van der Waals surface area (Å²) in [6.45, 7) is 4.80. The molecule has 1 N–H and O–H groups in total. The average Bonchev–Trinajstić information content (AvgIpc) is 3.05. The lowest BCUT2D eigenvalue weighted by molar-refractivity contribution is 0.0939. The van der Waals surface area contributed by atoms with Gasteiger partial charge in [-0.25, -0.2) is 0 Å². The minimum absolute atomic E-state index is 0.183. The molecule has 0 saturated carbocycles. The number of ketones is 1. The molecule has 0 unspecified atom stereocenters. The van der Waals surface area contributed by atoms with Crippen LogP contribution in [-0.4, -0.2) is 21.5 Å². The van der Waals surface area contributed by atoms with Crippen molar-refractivity contribution in [2.45, 2.75) is 26.9 Å². The highest BCUT2D eigenvalue weighted by atomic mass is 35.5. The molecule has 0 aliphatic rings. The Hall–Kier alpha value is -2.92. The first kappa shape index (κ1) is 18.9. The maximum absolute atomic E-state index is 12.9. The summed E-state index contributed by atoms with van der Waals surface area (Å²) in [6.07, 6.45) is 1.56. The highest BCUT2D eigenvalue weighted by molar-refractivity contribution is 6.31. The maximum atomic E-state index is 12.9. The van der Waals surface area contributed by atoms with E-state index in [1.807, 2.05) is 26.0 Å². The van der Waals surface area contributed by atoms with Gasteiger partial charge in [-0.3, -0.25) is 14.3 Å². The Morgan fingerprint density at radius 2 is 1.74 bits per heavy atom. The van der Waals surface area contributed by atoms with Gasteiger partial charge in [-0.15, -0.1) is 0 Å². The van der Waals surface area contributed by atoms with Crippen LogP contribution >= 0.6 is 11.6 Å². The van der Waals surface area contributed by atoms with E-state index in [-0.39, 0.29) is 18.2 Å². The highest BCUT2D eigenvalue weighted by Crippen LogP contribution is 2.17. The van der Waals surface area contributed by atoms with Gasteiger partial charge in [0.15, 0.2) is 5.78 Å². The number of nitrogens with one attached hydrogen (secondary N) is 1. The Morgan fingerprint density at radius 1 is 1.07 bits per heavy atom. The minimum atomic E-state index is -0.328. The highest BCUT2D eigenvalue weighted by Gasteiger charge is 2.18. The molecule has 0 atom stereocenters. The molecule has 0 saturated heterocycles. The van der Waals surface area contributed by atoms with E-state index < -0.39 is 0 Å². The number of halogens is 1. The molecule has 1 amide bonds. The van der Waals surface area contributed by atoms with Crippen molar-refractivity contribution >= 4 is 23.3 Å². The van der Waals surface area contributed by atoms with E-state index in [2.05, 4.69) is 10.4 Å². The van der Waals surface area contributed by atoms with Crippen LogP contribution < -0.4 is 5.32 Å². The zero-order chi connectivity index (χ0) is 19.4. The first-order valence-corrected chi connectivity index (χ1v) is 9.07. The van der Waals surface area contributed by atoms with Crippen LogP contribution in [0, 0.1) is 6.92 Å². The van der Waals surface area contributed by atoms with Gasteiger partial charge in [-0.05, 0) is 19.9 Å². The third-order valence-electron chi connectivity index (χ3n) is 4.34. The lowest BCUT2D eigenvalue weighted by Gasteiger charge is -2.11. The van der Waals surface area contributed by atoms with E-state index in [1.54, 1.807) is 47.3 Å². The summed E-state index contributed by atoms with van der Waals surface area (Å²) in [7, 11) is 0. The molecule has 0 aliphatic heterocycles. The van der Waals surface area contributed by atoms with Crippen molar-refractivity contribution in [3.8, 4) is 0 Å². The first-order valence-electron chi connectivity index (χ1n) is 8.70. The van der Waals surface area contributed by atoms with E-state index in [1.165, 1.54) is 0 Å². The fourth-order valence-electron chi connectivity index (χ4n) is 2.83. The van der Waals surface area contributed by atoms with Gasteiger partial charge < -0.3 is 5.32 Å². The van der Waals surface area contributed by atoms with Crippen molar-refractivity contribution in [1.29, 1.82) is 0 Å². The summed E-state index contributed by atoms with van der Waals surface area (Å²) in [5.74, 6) is -0.511. The summed E-state index contributed by atoms with van der Waals surface area (Å²) in [5.41, 5.74) is 3.06. The number of hydrogen-bond donors (Lipinski definition) is 1. The van der Waals surface area contributed by atoms with Crippen LogP contribution in [0.15, 0.2) is 54.7 Å². The lowest BCUT2D eigenvalue weighted by Crippen LogP contribution is -2.26. The van der Waals surface area contributed by atoms with E-state index >= 15 is 0 Å². The fraction of sp³-hybridized carbons (Fsp3) is 0.190. The van der Waals surface area contributed by atoms with Crippen LogP contribution in [0.4, 0.5) is 0 Å². The summed E-state index contributed by atoms with van der Waals surface area (Å²) in [6, 6.07) is 14.1. The van der Waals surface area contributed by atoms with Crippen LogP contribution in [0.3, 0.4) is 0 Å². The van der Waals surface area contributed by atoms with Gasteiger partial charge in [0.05, 0.1) is 29.0 Å². The fourth-order valence-corrected chi connectivity index (χ4v) is 3.04. The van der Waals surface area contributed by atoms with Crippen molar-refractivity contribution in [2.24, 2.45) is 0 Å². The molecular weight excluding hydrogens is 362 g/mol. The number of benzene rings is 2. The molecule has 1 aromatic heterocycles. The molecule has 0 aliphatic carbocycles. The third-order valence-corrected chi connectivity index (χ3v) is 4.66. The molecule has 5 nitrogen and oxygen atoms in total. The lowest BCUT2D eigenvalue weighted by atomic mass is 9.97. The molecular formula is C21H20ClN3O2. The van der Waals surface area contributed by atoms with Gasteiger partial charge in [-0.2, -0.15) is 5.10 Å². The number of aryl methyl sites for hydroxylation is 2. The molecule has 3 rings (SSSR count). The largest absolute Gasteiger partial charge is 0.346 e. The SMILES string of the molecule is CCn1ncc(Cl)c1CNC(=O)c1ccccc1C(=O)c1ccc(C)cc1. The van der Waals surface area contributed by atoms with Crippen LogP contribution in [0.5, 0.6) is 0 Å². The monoisotopic (exact) mass is 381 g/mol. The second kappa shape index (κ2) is 8.18. The second-order valence-corrected chi connectivity index (χ2v) is 6.59. The van der Waals surface area contributed by atoms with Gasteiger partial charge in [0.2, 0.25) is 0 Å². The number of carbonyl (C=O) groups excluding carboxylic acids is 2. The quantitative estimate of drug-likeness (QED) is 0.656. The topological polar surface area (TPSA) is 64.0 Å². The van der Waals surface area contributed by atoms with Crippen LogP contribution in [0.25, 0.3) is 0 Å². The first-order chi connectivity index (χ1) is 13.0. The molecule has 2 aromatic carbocycles. The predicted octanol–water partition coefficient (Wildman–Crippen LogP) is 4.03.